The number of hydrogen-bond acceptors (Lipinski definition) is 4. The molecule has 0 aliphatic heterocycles. The number of hydrogen-bond donors (Lipinski definition) is 1. The molecule has 1 N–H and O–H groups in total. The van der Waals surface area contributed by atoms with Crippen molar-refractivity contribution in [1.29, 1.82) is 5.26 Å². The molecule has 2 unspecified atom stereocenters. The maximum Gasteiger partial charge on any atom is 0.337 e. The second-order valence-corrected chi connectivity index (χ2v) is 6.13. The lowest BCUT2D eigenvalue weighted by atomic mass is 9.86. The van der Waals surface area contributed by atoms with E-state index in [1.165, 1.54) is 19.6 Å². The molecule has 0 saturated heterocycles. The zero-order valence-corrected chi connectivity index (χ0v) is 14.0. The molecule has 1 saturated carbocycles. The third kappa shape index (κ3) is 4.45. The van der Waals surface area contributed by atoms with E-state index in [0.717, 1.165) is 19.3 Å². The molecule has 1 aromatic rings. The number of nitrogens with one attached hydrogen (secondary N) is 1. The molecule has 0 aromatic heterocycles. The summed E-state index contributed by atoms with van der Waals surface area (Å²) in [4.78, 5) is 23.7. The Morgan fingerprint density at radius 2 is 1.92 bits per heavy atom. The van der Waals surface area contributed by atoms with Crippen LogP contribution in [0, 0.1) is 17.2 Å². The minimum absolute atomic E-state index is 0.0681. The first-order valence-corrected chi connectivity index (χ1v) is 8.16. The number of benzene rings is 1. The third-order valence-corrected chi connectivity index (χ3v) is 4.44. The Kier molecular flexibility index (Phi) is 6.14. The molecule has 1 amide bonds. The van der Waals surface area contributed by atoms with Gasteiger partial charge in [0.15, 0.2) is 0 Å². The van der Waals surface area contributed by atoms with Crippen LogP contribution in [-0.4, -0.2) is 25.0 Å². The molecule has 5 heteroatoms. The van der Waals surface area contributed by atoms with E-state index >= 15 is 0 Å². The highest BCUT2D eigenvalue weighted by Crippen LogP contribution is 2.24. The van der Waals surface area contributed by atoms with Crippen molar-refractivity contribution in [2.24, 2.45) is 5.92 Å². The average Bonchev–Trinajstić information content (AvgIpc) is 2.61. The standard InChI is InChI=1S/C19H22N2O3/c1-13-5-3-4-6-17(13)21-18(22)16(12-20)11-14-7-9-15(10-8-14)19(23)24-2/h7-11,13,17H,3-6H2,1-2H3,(H,21,22). The summed E-state index contributed by atoms with van der Waals surface area (Å²) in [7, 11) is 1.32. The number of carbonyl (C=O) groups excluding carboxylic acids is 2. The van der Waals surface area contributed by atoms with Crippen LogP contribution in [0.1, 0.15) is 48.5 Å². The molecule has 2 atom stereocenters. The molecular formula is C19H22N2O3. The van der Waals surface area contributed by atoms with E-state index in [1.54, 1.807) is 24.3 Å². The summed E-state index contributed by atoms with van der Waals surface area (Å²) in [6, 6.07) is 8.66. The number of esters is 1. The van der Waals surface area contributed by atoms with Crippen molar-refractivity contribution >= 4 is 18.0 Å². The van der Waals surface area contributed by atoms with E-state index in [4.69, 9.17) is 0 Å². The van der Waals surface area contributed by atoms with Crippen molar-refractivity contribution < 1.29 is 14.3 Å². The zero-order valence-electron chi connectivity index (χ0n) is 14.0. The summed E-state index contributed by atoms with van der Waals surface area (Å²) in [6.07, 6.45) is 5.89. The SMILES string of the molecule is COC(=O)c1ccc(C=C(C#N)C(=O)NC2CCCCC2C)cc1. The molecular weight excluding hydrogens is 304 g/mol. The highest BCUT2D eigenvalue weighted by atomic mass is 16.5. The normalized spacial score (nSPS) is 20.8. The van der Waals surface area contributed by atoms with Crippen molar-refractivity contribution in [3.63, 3.8) is 0 Å². The topological polar surface area (TPSA) is 79.2 Å². The highest BCUT2D eigenvalue weighted by Gasteiger charge is 2.24. The molecule has 1 aliphatic carbocycles. The van der Waals surface area contributed by atoms with Crippen LogP contribution in [0.5, 0.6) is 0 Å². The van der Waals surface area contributed by atoms with E-state index in [0.29, 0.717) is 17.0 Å². The summed E-state index contributed by atoms with van der Waals surface area (Å²) in [5.74, 6) is -0.328. The van der Waals surface area contributed by atoms with Crippen LogP contribution < -0.4 is 5.32 Å². The van der Waals surface area contributed by atoms with E-state index in [1.807, 2.05) is 6.07 Å². The number of methoxy groups -OCH3 is 1. The fraction of sp³-hybridized carbons (Fsp3) is 0.421. The first-order valence-electron chi connectivity index (χ1n) is 8.16. The lowest BCUT2D eigenvalue weighted by Gasteiger charge is -2.29. The van der Waals surface area contributed by atoms with Crippen LogP contribution in [0.2, 0.25) is 0 Å². The first kappa shape index (κ1) is 17.7. The van der Waals surface area contributed by atoms with E-state index in [-0.39, 0.29) is 17.5 Å². The van der Waals surface area contributed by atoms with Gasteiger partial charge >= 0.3 is 5.97 Å². The van der Waals surface area contributed by atoms with Crippen LogP contribution in [0.25, 0.3) is 6.08 Å². The zero-order chi connectivity index (χ0) is 17.5. The smallest absolute Gasteiger partial charge is 0.337 e. The van der Waals surface area contributed by atoms with Gasteiger partial charge in [-0.25, -0.2) is 4.79 Å². The molecule has 0 heterocycles. The van der Waals surface area contributed by atoms with Gasteiger partial charge in [-0.15, -0.1) is 0 Å². The number of nitriles is 1. The monoisotopic (exact) mass is 326 g/mol. The largest absolute Gasteiger partial charge is 0.465 e. The summed E-state index contributed by atoms with van der Waals surface area (Å²) >= 11 is 0. The molecule has 126 valence electrons. The van der Waals surface area contributed by atoms with E-state index in [9.17, 15) is 14.9 Å². The van der Waals surface area contributed by atoms with Gasteiger partial charge < -0.3 is 10.1 Å². The predicted molar refractivity (Wildman–Crippen MR) is 90.9 cm³/mol. The van der Waals surface area contributed by atoms with Gasteiger partial charge in [0, 0.05) is 6.04 Å². The van der Waals surface area contributed by atoms with Crippen LogP contribution in [-0.2, 0) is 9.53 Å². The fourth-order valence-electron chi connectivity index (χ4n) is 2.93. The molecule has 5 nitrogen and oxygen atoms in total. The van der Waals surface area contributed by atoms with Gasteiger partial charge in [0.2, 0.25) is 0 Å². The lowest BCUT2D eigenvalue weighted by Crippen LogP contribution is -2.41. The lowest BCUT2D eigenvalue weighted by molar-refractivity contribution is -0.118. The Labute approximate surface area is 142 Å². The number of amides is 1. The van der Waals surface area contributed by atoms with Gasteiger partial charge in [-0.2, -0.15) is 5.26 Å². The van der Waals surface area contributed by atoms with Crippen molar-refractivity contribution in [2.75, 3.05) is 7.11 Å². The molecule has 1 aliphatic rings. The summed E-state index contributed by atoms with van der Waals surface area (Å²) in [6.45, 7) is 2.13. The molecule has 0 spiro atoms. The Morgan fingerprint density at radius 3 is 2.50 bits per heavy atom. The van der Waals surface area contributed by atoms with Crippen LogP contribution in [0.15, 0.2) is 29.8 Å². The fourth-order valence-corrected chi connectivity index (χ4v) is 2.93. The highest BCUT2D eigenvalue weighted by molar-refractivity contribution is 6.02. The Morgan fingerprint density at radius 1 is 1.25 bits per heavy atom. The Bertz CT molecular complexity index is 671. The first-order chi connectivity index (χ1) is 11.5. The van der Waals surface area contributed by atoms with Gasteiger partial charge in [0.05, 0.1) is 12.7 Å². The van der Waals surface area contributed by atoms with Crippen LogP contribution in [0.3, 0.4) is 0 Å². The molecule has 24 heavy (non-hydrogen) atoms. The molecule has 1 aromatic carbocycles. The molecule has 2 rings (SSSR count). The summed E-state index contributed by atoms with van der Waals surface area (Å²) in [5.41, 5.74) is 1.18. The number of carbonyl (C=O) groups is 2. The number of ether oxygens (including phenoxy) is 1. The maximum absolute atomic E-state index is 12.3. The Balaban J connectivity index is 2.09. The predicted octanol–water partition coefficient (Wildman–Crippen LogP) is 3.08. The van der Waals surface area contributed by atoms with Gasteiger partial charge in [-0.05, 0) is 42.5 Å². The van der Waals surface area contributed by atoms with Crippen molar-refractivity contribution in [1.82, 2.24) is 5.32 Å². The van der Waals surface area contributed by atoms with E-state index in [2.05, 4.69) is 17.0 Å². The molecule has 0 bridgehead atoms. The third-order valence-electron chi connectivity index (χ3n) is 4.44. The number of nitrogens with zero attached hydrogens (tertiary/aromatic N) is 1. The van der Waals surface area contributed by atoms with Crippen LogP contribution >= 0.6 is 0 Å². The van der Waals surface area contributed by atoms with Crippen molar-refractivity contribution in [3.05, 3.63) is 41.0 Å². The summed E-state index contributed by atoms with van der Waals surface area (Å²) < 4.78 is 4.64. The Hall–Kier alpha value is -2.61. The molecule has 1 fully saturated rings. The van der Waals surface area contributed by atoms with Gasteiger partial charge in [0.25, 0.3) is 5.91 Å². The van der Waals surface area contributed by atoms with E-state index < -0.39 is 5.97 Å². The van der Waals surface area contributed by atoms with Crippen LogP contribution in [0.4, 0.5) is 0 Å². The van der Waals surface area contributed by atoms with Crippen molar-refractivity contribution in [3.8, 4) is 6.07 Å². The maximum atomic E-state index is 12.3. The average molecular weight is 326 g/mol. The van der Waals surface area contributed by atoms with Gasteiger partial charge in [0.1, 0.15) is 11.6 Å². The number of rotatable bonds is 4. The summed E-state index contributed by atoms with van der Waals surface area (Å²) in [5, 5.41) is 12.3. The van der Waals surface area contributed by atoms with Gasteiger partial charge in [-0.1, -0.05) is 31.9 Å². The second kappa shape index (κ2) is 8.30. The second-order valence-electron chi connectivity index (χ2n) is 6.13. The van der Waals surface area contributed by atoms with Gasteiger partial charge in [-0.3, -0.25) is 4.79 Å². The molecule has 0 radical (unpaired) electrons. The quantitative estimate of drug-likeness (QED) is 0.524. The minimum Gasteiger partial charge on any atom is -0.465 e. The minimum atomic E-state index is -0.421. The van der Waals surface area contributed by atoms with Crippen molar-refractivity contribution in [2.45, 2.75) is 38.6 Å².